The first-order valence-electron chi connectivity index (χ1n) is 8.95. The molecule has 8 heteroatoms. The summed E-state index contributed by atoms with van der Waals surface area (Å²) in [6, 6.07) is 1.72. The number of carbonyl (C=O) groups excluding carboxylic acids is 2. The Labute approximate surface area is 152 Å². The Hall–Kier alpha value is -2.19. The summed E-state index contributed by atoms with van der Waals surface area (Å²) in [7, 11) is 4.00. The second-order valence-corrected chi connectivity index (χ2v) is 7.57. The molecule has 1 spiro atoms. The fraction of sp³-hybridized carbons (Fsp3) is 0.611. The number of hydrogen-bond acceptors (Lipinski definition) is 6. The molecule has 2 saturated heterocycles. The van der Waals surface area contributed by atoms with Crippen molar-refractivity contribution in [2.24, 2.45) is 11.8 Å². The lowest BCUT2D eigenvalue weighted by Gasteiger charge is -2.23. The van der Waals surface area contributed by atoms with Crippen LogP contribution in [0.25, 0.3) is 0 Å². The Balaban J connectivity index is 1.49. The Bertz CT molecular complexity index is 758. The number of nitrogens with zero attached hydrogens (tertiary/aromatic N) is 3. The molecule has 140 valence electrons. The number of amides is 2. The molecule has 4 rings (SSSR count). The van der Waals surface area contributed by atoms with E-state index in [0.717, 1.165) is 13.0 Å². The van der Waals surface area contributed by atoms with Crippen LogP contribution < -0.4 is 10.2 Å². The van der Waals surface area contributed by atoms with Gasteiger partial charge in [-0.25, -0.2) is 0 Å². The molecule has 26 heavy (non-hydrogen) atoms. The topological polar surface area (TPSA) is 87.9 Å². The molecule has 0 radical (unpaired) electrons. The van der Waals surface area contributed by atoms with E-state index >= 15 is 0 Å². The van der Waals surface area contributed by atoms with E-state index in [-0.39, 0.29) is 17.9 Å². The summed E-state index contributed by atoms with van der Waals surface area (Å²) in [4.78, 5) is 29.5. The van der Waals surface area contributed by atoms with Crippen molar-refractivity contribution < 1.29 is 18.8 Å². The van der Waals surface area contributed by atoms with Gasteiger partial charge in [0.15, 0.2) is 5.82 Å². The number of rotatable bonds is 6. The number of anilines is 1. The van der Waals surface area contributed by atoms with Gasteiger partial charge in [-0.1, -0.05) is 17.3 Å². The second kappa shape index (κ2) is 6.21. The molecule has 4 atom stereocenters. The SMILES string of the molecule is Cc1cc(N2C[C@@]34C=C[C@H](O3)C(C(=O)NCCCN(C)C)C4C2=O)no1. The summed E-state index contributed by atoms with van der Waals surface area (Å²) < 4.78 is 11.2. The van der Waals surface area contributed by atoms with Crippen LogP contribution in [0.3, 0.4) is 0 Å². The minimum atomic E-state index is -0.736. The normalized spacial score (nSPS) is 31.9. The monoisotopic (exact) mass is 360 g/mol. The third-order valence-corrected chi connectivity index (χ3v) is 5.38. The van der Waals surface area contributed by atoms with Crippen LogP contribution in [0.15, 0.2) is 22.7 Å². The lowest BCUT2D eigenvalue weighted by atomic mass is 9.77. The zero-order valence-corrected chi connectivity index (χ0v) is 15.3. The highest BCUT2D eigenvalue weighted by molar-refractivity contribution is 6.02. The van der Waals surface area contributed by atoms with Gasteiger partial charge in [-0.2, -0.15) is 0 Å². The molecule has 3 aliphatic heterocycles. The number of ether oxygens (including phenoxy) is 1. The molecule has 8 nitrogen and oxygen atoms in total. The molecule has 2 unspecified atom stereocenters. The highest BCUT2D eigenvalue weighted by Crippen LogP contribution is 2.52. The highest BCUT2D eigenvalue weighted by atomic mass is 16.5. The summed E-state index contributed by atoms with van der Waals surface area (Å²) in [5.41, 5.74) is -0.736. The van der Waals surface area contributed by atoms with E-state index in [2.05, 4.69) is 15.4 Å². The number of nitrogens with one attached hydrogen (secondary N) is 1. The van der Waals surface area contributed by atoms with Gasteiger partial charge in [-0.05, 0) is 34.0 Å². The van der Waals surface area contributed by atoms with Gasteiger partial charge in [0, 0.05) is 12.6 Å². The molecule has 3 aliphatic rings. The lowest BCUT2D eigenvalue weighted by Crippen LogP contribution is -2.44. The molecule has 4 heterocycles. The van der Waals surface area contributed by atoms with Crippen LogP contribution in [0, 0.1) is 18.8 Å². The lowest BCUT2D eigenvalue weighted by molar-refractivity contribution is -0.131. The molecule has 2 amide bonds. The largest absolute Gasteiger partial charge is 0.360 e. The minimum Gasteiger partial charge on any atom is -0.360 e. The van der Waals surface area contributed by atoms with Crippen molar-refractivity contribution in [3.63, 3.8) is 0 Å². The molecular weight excluding hydrogens is 336 g/mol. The predicted octanol–water partition coefficient (Wildman–Crippen LogP) is 0.337. The summed E-state index contributed by atoms with van der Waals surface area (Å²) in [6.45, 7) is 3.63. The molecular formula is C18H24N4O4. The molecule has 1 aromatic rings. The van der Waals surface area contributed by atoms with Crippen LogP contribution >= 0.6 is 0 Å². The Kier molecular flexibility index (Phi) is 4.11. The Morgan fingerprint density at radius 3 is 3.00 bits per heavy atom. The van der Waals surface area contributed by atoms with Gasteiger partial charge in [0.2, 0.25) is 11.8 Å². The highest BCUT2D eigenvalue weighted by Gasteiger charge is 2.67. The van der Waals surface area contributed by atoms with Crippen LogP contribution in [0.5, 0.6) is 0 Å². The van der Waals surface area contributed by atoms with Crippen molar-refractivity contribution in [1.82, 2.24) is 15.4 Å². The first-order chi connectivity index (χ1) is 12.4. The van der Waals surface area contributed by atoms with E-state index in [1.165, 1.54) is 0 Å². The van der Waals surface area contributed by atoms with Gasteiger partial charge >= 0.3 is 0 Å². The second-order valence-electron chi connectivity index (χ2n) is 7.57. The number of fused-ring (bicyclic) bond motifs is 1. The van der Waals surface area contributed by atoms with Crippen molar-refractivity contribution in [2.75, 3.05) is 38.6 Å². The van der Waals surface area contributed by atoms with Gasteiger partial charge in [-0.15, -0.1) is 0 Å². The van der Waals surface area contributed by atoms with E-state index in [1.807, 2.05) is 26.2 Å². The number of carbonyl (C=O) groups is 2. The number of hydrogen-bond donors (Lipinski definition) is 1. The summed E-state index contributed by atoms with van der Waals surface area (Å²) in [5, 5.41) is 6.92. The molecule has 0 aromatic carbocycles. The first kappa shape index (κ1) is 17.2. The molecule has 0 aliphatic carbocycles. The van der Waals surface area contributed by atoms with Gasteiger partial charge in [0.1, 0.15) is 11.4 Å². The zero-order chi connectivity index (χ0) is 18.5. The van der Waals surface area contributed by atoms with Crippen LogP contribution in [0.2, 0.25) is 0 Å². The standard InChI is InChI=1S/C18H24N4O4/c1-11-9-13(20-26-11)22-10-18-6-5-12(25-18)14(15(18)17(22)24)16(23)19-7-4-8-21(2)3/h5-6,9,12,14-15H,4,7-8,10H2,1-3H3,(H,19,23)/t12-,14?,15?,18+/m0/s1. The maximum Gasteiger partial charge on any atom is 0.235 e. The molecule has 2 fully saturated rings. The summed E-state index contributed by atoms with van der Waals surface area (Å²) >= 11 is 0. The average molecular weight is 360 g/mol. The number of aryl methyl sites for hydroxylation is 1. The molecule has 2 bridgehead atoms. The van der Waals surface area contributed by atoms with Gasteiger partial charge in [0.05, 0.1) is 24.5 Å². The van der Waals surface area contributed by atoms with Crippen molar-refractivity contribution in [2.45, 2.75) is 25.0 Å². The third-order valence-electron chi connectivity index (χ3n) is 5.38. The maximum absolute atomic E-state index is 13.1. The zero-order valence-electron chi connectivity index (χ0n) is 15.3. The fourth-order valence-corrected chi connectivity index (χ4v) is 4.20. The van der Waals surface area contributed by atoms with Gasteiger partial charge in [-0.3, -0.25) is 14.5 Å². The smallest absolute Gasteiger partial charge is 0.235 e. The Morgan fingerprint density at radius 2 is 2.31 bits per heavy atom. The van der Waals surface area contributed by atoms with Gasteiger partial charge < -0.3 is 19.5 Å². The van der Waals surface area contributed by atoms with Crippen molar-refractivity contribution in [1.29, 1.82) is 0 Å². The third kappa shape index (κ3) is 2.64. The predicted molar refractivity (Wildman–Crippen MR) is 93.5 cm³/mol. The molecule has 1 aromatic heterocycles. The van der Waals surface area contributed by atoms with E-state index in [9.17, 15) is 9.59 Å². The van der Waals surface area contributed by atoms with Crippen LogP contribution in [-0.2, 0) is 14.3 Å². The van der Waals surface area contributed by atoms with E-state index in [1.54, 1.807) is 17.9 Å². The van der Waals surface area contributed by atoms with Crippen LogP contribution in [0.4, 0.5) is 5.82 Å². The first-order valence-corrected chi connectivity index (χ1v) is 8.95. The molecule has 1 N–H and O–H groups in total. The van der Waals surface area contributed by atoms with E-state index in [0.29, 0.717) is 24.7 Å². The van der Waals surface area contributed by atoms with E-state index < -0.39 is 17.4 Å². The summed E-state index contributed by atoms with van der Waals surface area (Å²) in [6.07, 6.45) is 4.37. The van der Waals surface area contributed by atoms with Crippen LogP contribution in [0.1, 0.15) is 12.2 Å². The van der Waals surface area contributed by atoms with Crippen molar-refractivity contribution in [3.8, 4) is 0 Å². The number of aromatic nitrogens is 1. The van der Waals surface area contributed by atoms with E-state index in [4.69, 9.17) is 9.26 Å². The quantitative estimate of drug-likeness (QED) is 0.581. The average Bonchev–Trinajstić information content (AvgIpc) is 3.32. The van der Waals surface area contributed by atoms with Crippen molar-refractivity contribution in [3.05, 3.63) is 24.0 Å². The Morgan fingerprint density at radius 1 is 1.50 bits per heavy atom. The van der Waals surface area contributed by atoms with Gasteiger partial charge in [0.25, 0.3) is 0 Å². The fourth-order valence-electron chi connectivity index (χ4n) is 4.20. The maximum atomic E-state index is 13.1. The van der Waals surface area contributed by atoms with Crippen molar-refractivity contribution >= 4 is 17.6 Å². The molecule has 0 saturated carbocycles. The van der Waals surface area contributed by atoms with Crippen LogP contribution in [-0.4, -0.2) is 67.3 Å². The minimum absolute atomic E-state index is 0.114. The summed E-state index contributed by atoms with van der Waals surface area (Å²) in [5.74, 6) is -0.136.